The maximum absolute atomic E-state index is 6.37. The van der Waals surface area contributed by atoms with Crippen molar-refractivity contribution in [2.24, 2.45) is 0 Å². The van der Waals surface area contributed by atoms with Crippen LogP contribution < -0.4 is 10.8 Å². The van der Waals surface area contributed by atoms with E-state index < -0.39 is 7.12 Å². The highest BCUT2D eigenvalue weighted by Gasteiger charge is 2.51. The predicted octanol–water partition coefficient (Wildman–Crippen LogP) is 3.08. The highest BCUT2D eigenvalue weighted by Crippen LogP contribution is 2.37. The molecule has 132 valence electrons. The molecule has 3 rings (SSSR count). The van der Waals surface area contributed by atoms with Crippen LogP contribution in [-0.2, 0) is 14.0 Å². The van der Waals surface area contributed by atoms with Gasteiger partial charge in [-0.05, 0) is 64.7 Å². The quantitative estimate of drug-likeness (QED) is 0.831. The Morgan fingerprint density at radius 2 is 1.67 bits per heavy atom. The molecule has 0 radical (unpaired) electrons. The molecular formula is C18H27BClNO3. The van der Waals surface area contributed by atoms with Crippen molar-refractivity contribution in [2.75, 3.05) is 13.2 Å². The molecule has 0 spiro atoms. The Morgan fingerprint density at radius 1 is 1.04 bits per heavy atom. The summed E-state index contributed by atoms with van der Waals surface area (Å²) in [7, 11) is -0.409. The fourth-order valence-corrected chi connectivity index (χ4v) is 3.21. The van der Waals surface area contributed by atoms with E-state index in [1.165, 1.54) is 0 Å². The van der Waals surface area contributed by atoms with E-state index >= 15 is 0 Å². The lowest BCUT2D eigenvalue weighted by atomic mass is 9.78. The van der Waals surface area contributed by atoms with Gasteiger partial charge in [-0.3, -0.25) is 0 Å². The van der Waals surface area contributed by atoms with Crippen LogP contribution in [0.4, 0.5) is 0 Å². The van der Waals surface area contributed by atoms with Crippen LogP contribution in [0.25, 0.3) is 0 Å². The minimum absolute atomic E-state index is 0.123. The fraction of sp³-hybridized carbons (Fsp3) is 0.667. The number of benzene rings is 1. The third-order valence-electron chi connectivity index (χ3n) is 5.29. The van der Waals surface area contributed by atoms with E-state index in [0.29, 0.717) is 11.6 Å². The molecule has 1 N–H and O–H groups in total. The molecular weight excluding hydrogens is 324 g/mol. The van der Waals surface area contributed by atoms with Crippen molar-refractivity contribution in [3.63, 3.8) is 0 Å². The molecule has 2 aliphatic heterocycles. The summed E-state index contributed by atoms with van der Waals surface area (Å²) in [5.74, 6) is 0. The first-order valence-electron chi connectivity index (χ1n) is 8.52. The summed E-state index contributed by atoms with van der Waals surface area (Å²) >= 11 is 6.37. The number of morpholine rings is 1. The second-order valence-corrected chi connectivity index (χ2v) is 8.85. The molecule has 0 aliphatic carbocycles. The van der Waals surface area contributed by atoms with Crippen molar-refractivity contribution >= 4 is 24.2 Å². The summed E-state index contributed by atoms with van der Waals surface area (Å²) < 4.78 is 18.2. The summed E-state index contributed by atoms with van der Waals surface area (Å²) in [6.45, 7) is 13.8. The van der Waals surface area contributed by atoms with Gasteiger partial charge in [0.25, 0.3) is 0 Å². The van der Waals surface area contributed by atoms with Crippen LogP contribution >= 0.6 is 11.6 Å². The average Bonchev–Trinajstić information content (AvgIpc) is 2.67. The van der Waals surface area contributed by atoms with Gasteiger partial charge in [0, 0.05) is 11.6 Å². The van der Waals surface area contributed by atoms with E-state index in [2.05, 4.69) is 52.9 Å². The Kier molecular flexibility index (Phi) is 4.55. The molecule has 1 aromatic carbocycles. The molecule has 0 bridgehead atoms. The van der Waals surface area contributed by atoms with E-state index in [9.17, 15) is 0 Å². The number of ether oxygens (including phenoxy) is 1. The van der Waals surface area contributed by atoms with E-state index in [1.54, 1.807) is 0 Å². The molecule has 0 unspecified atom stereocenters. The van der Waals surface area contributed by atoms with Gasteiger partial charge in [-0.25, -0.2) is 0 Å². The molecule has 2 heterocycles. The lowest BCUT2D eigenvalue weighted by molar-refractivity contribution is -0.0586. The van der Waals surface area contributed by atoms with Gasteiger partial charge >= 0.3 is 7.12 Å². The molecule has 2 aliphatic rings. The number of hydrogen-bond donors (Lipinski definition) is 1. The maximum Gasteiger partial charge on any atom is 0.494 e. The zero-order valence-corrected chi connectivity index (χ0v) is 16.2. The zero-order chi connectivity index (χ0) is 17.8. The fourth-order valence-electron chi connectivity index (χ4n) is 2.95. The highest BCUT2D eigenvalue weighted by atomic mass is 35.5. The minimum Gasteiger partial charge on any atom is -0.399 e. The van der Waals surface area contributed by atoms with Crippen LogP contribution in [0.5, 0.6) is 0 Å². The van der Waals surface area contributed by atoms with E-state index in [-0.39, 0.29) is 22.8 Å². The molecule has 2 saturated heterocycles. The standard InChI is InChI=1S/C18H27BClNO3/c1-16(2)11-21-15(10-22-16)12-7-13(9-14(20)8-12)19-23-17(3,4)18(5,6)24-19/h7-9,15,21H,10-11H2,1-6H3/t15-/m0/s1. The van der Waals surface area contributed by atoms with Crippen LogP contribution in [0.2, 0.25) is 5.02 Å². The molecule has 1 aromatic rings. The van der Waals surface area contributed by atoms with Gasteiger partial charge in [0.1, 0.15) is 0 Å². The van der Waals surface area contributed by atoms with Gasteiger partial charge in [-0.15, -0.1) is 0 Å². The first-order chi connectivity index (χ1) is 11.0. The SMILES string of the molecule is CC1(C)CN[C@H](c2cc(Cl)cc(B3OC(C)(C)C(C)(C)O3)c2)CO1. The van der Waals surface area contributed by atoms with Gasteiger partial charge < -0.3 is 19.4 Å². The Bertz CT molecular complexity index is 607. The molecule has 6 heteroatoms. The first-order valence-corrected chi connectivity index (χ1v) is 8.90. The van der Waals surface area contributed by atoms with Gasteiger partial charge in [0.15, 0.2) is 0 Å². The molecule has 0 aromatic heterocycles. The second kappa shape index (κ2) is 5.99. The van der Waals surface area contributed by atoms with Gasteiger partial charge in [0.2, 0.25) is 0 Å². The maximum atomic E-state index is 6.37. The van der Waals surface area contributed by atoms with Crippen molar-refractivity contribution in [3.8, 4) is 0 Å². The van der Waals surface area contributed by atoms with Crippen molar-refractivity contribution in [1.82, 2.24) is 5.32 Å². The van der Waals surface area contributed by atoms with Crippen LogP contribution in [0, 0.1) is 0 Å². The molecule has 1 atom stereocenters. The summed E-state index contributed by atoms with van der Waals surface area (Å²) in [4.78, 5) is 0. The molecule has 4 nitrogen and oxygen atoms in total. The van der Waals surface area contributed by atoms with Gasteiger partial charge in [-0.2, -0.15) is 0 Å². The topological polar surface area (TPSA) is 39.7 Å². The lowest BCUT2D eigenvalue weighted by Gasteiger charge is -2.36. The smallest absolute Gasteiger partial charge is 0.399 e. The lowest BCUT2D eigenvalue weighted by Crippen LogP contribution is -2.47. The Hall–Kier alpha value is -0.585. The van der Waals surface area contributed by atoms with Gasteiger partial charge in [0.05, 0.1) is 29.5 Å². The second-order valence-electron chi connectivity index (χ2n) is 8.41. The third-order valence-corrected chi connectivity index (χ3v) is 5.50. The first kappa shape index (κ1) is 18.2. The van der Waals surface area contributed by atoms with E-state index in [0.717, 1.165) is 17.6 Å². The van der Waals surface area contributed by atoms with Crippen LogP contribution in [0.1, 0.15) is 53.1 Å². The molecule has 0 amide bonds. The summed E-state index contributed by atoms with van der Waals surface area (Å²) in [5, 5.41) is 4.22. The van der Waals surface area contributed by atoms with Crippen molar-refractivity contribution < 1.29 is 14.0 Å². The summed E-state index contributed by atoms with van der Waals surface area (Å²) in [5.41, 5.74) is 1.18. The number of nitrogens with one attached hydrogen (secondary N) is 1. The third kappa shape index (κ3) is 3.51. The summed E-state index contributed by atoms with van der Waals surface area (Å²) in [6.07, 6.45) is 0. The number of hydrogen-bond acceptors (Lipinski definition) is 4. The van der Waals surface area contributed by atoms with Crippen molar-refractivity contribution in [2.45, 2.75) is 64.4 Å². The Balaban J connectivity index is 1.83. The average molecular weight is 352 g/mol. The molecule has 2 fully saturated rings. The zero-order valence-electron chi connectivity index (χ0n) is 15.4. The Morgan fingerprint density at radius 3 is 2.21 bits per heavy atom. The van der Waals surface area contributed by atoms with E-state index in [1.807, 2.05) is 12.1 Å². The van der Waals surface area contributed by atoms with Gasteiger partial charge in [-0.1, -0.05) is 17.7 Å². The van der Waals surface area contributed by atoms with Crippen molar-refractivity contribution in [1.29, 1.82) is 0 Å². The van der Waals surface area contributed by atoms with Crippen molar-refractivity contribution in [3.05, 3.63) is 28.8 Å². The van der Waals surface area contributed by atoms with Crippen LogP contribution in [0.3, 0.4) is 0 Å². The molecule has 24 heavy (non-hydrogen) atoms. The minimum atomic E-state index is -0.409. The monoisotopic (exact) mass is 351 g/mol. The van der Waals surface area contributed by atoms with Crippen LogP contribution in [-0.4, -0.2) is 37.1 Å². The molecule has 0 saturated carbocycles. The number of rotatable bonds is 2. The van der Waals surface area contributed by atoms with Crippen LogP contribution in [0.15, 0.2) is 18.2 Å². The largest absolute Gasteiger partial charge is 0.494 e. The normalized spacial score (nSPS) is 28.1. The Labute approximate surface area is 150 Å². The number of halogens is 1. The highest BCUT2D eigenvalue weighted by molar-refractivity contribution is 6.62. The summed E-state index contributed by atoms with van der Waals surface area (Å²) in [6, 6.07) is 6.13. The predicted molar refractivity (Wildman–Crippen MR) is 97.9 cm³/mol. The van der Waals surface area contributed by atoms with E-state index in [4.69, 9.17) is 25.6 Å².